The number of hydrogen-bond acceptors (Lipinski definition) is 7. The first-order chi connectivity index (χ1) is 11.5. The fourth-order valence-corrected chi connectivity index (χ4v) is 1.92. The third-order valence-electron chi connectivity index (χ3n) is 3.15. The number of esters is 1. The molecule has 0 heterocycles. The summed E-state index contributed by atoms with van der Waals surface area (Å²) in [7, 11) is 1.25. The van der Waals surface area contributed by atoms with Crippen LogP contribution in [0.4, 0.5) is 5.69 Å². The first-order valence-corrected chi connectivity index (χ1v) is 7.28. The first kappa shape index (κ1) is 19.5. The standard InChI is InChI=1S/C15H20N2O7/c1-23-14(19)5-6-16(7-9-24-10-8-18)15(20)12-3-2-4-13(11-12)17(21)22/h2-4,11,18H,5-10H2,1H3. The van der Waals surface area contributed by atoms with Crippen LogP contribution >= 0.6 is 0 Å². The third kappa shape index (κ3) is 6.31. The maximum absolute atomic E-state index is 12.5. The number of nitro benzene ring substituents is 1. The molecule has 0 aliphatic heterocycles. The van der Waals surface area contributed by atoms with Gasteiger partial charge in [0.05, 0.1) is 38.3 Å². The lowest BCUT2D eigenvalue weighted by Gasteiger charge is -2.22. The summed E-state index contributed by atoms with van der Waals surface area (Å²) in [5, 5.41) is 19.5. The Morgan fingerprint density at radius 1 is 1.29 bits per heavy atom. The molecule has 0 saturated heterocycles. The van der Waals surface area contributed by atoms with E-state index in [0.717, 1.165) is 0 Å². The van der Waals surface area contributed by atoms with Crippen molar-refractivity contribution in [2.75, 3.05) is 40.0 Å². The lowest BCUT2D eigenvalue weighted by Crippen LogP contribution is -2.36. The number of amides is 1. The number of rotatable bonds is 10. The average molecular weight is 340 g/mol. The van der Waals surface area contributed by atoms with Crippen molar-refractivity contribution in [3.8, 4) is 0 Å². The second-order valence-corrected chi connectivity index (χ2v) is 4.76. The van der Waals surface area contributed by atoms with Crippen molar-refractivity contribution in [3.63, 3.8) is 0 Å². The van der Waals surface area contributed by atoms with Gasteiger partial charge in [0.15, 0.2) is 0 Å². The summed E-state index contributed by atoms with van der Waals surface area (Å²) in [6, 6.07) is 5.36. The number of carbonyl (C=O) groups excluding carboxylic acids is 2. The number of methoxy groups -OCH3 is 1. The summed E-state index contributed by atoms with van der Waals surface area (Å²) < 4.78 is 9.68. The van der Waals surface area contributed by atoms with Crippen LogP contribution in [0.5, 0.6) is 0 Å². The molecule has 0 aliphatic rings. The van der Waals surface area contributed by atoms with Crippen molar-refractivity contribution >= 4 is 17.6 Å². The molecule has 1 N–H and O–H groups in total. The maximum Gasteiger partial charge on any atom is 0.307 e. The molecule has 1 rings (SSSR count). The minimum Gasteiger partial charge on any atom is -0.469 e. The molecule has 24 heavy (non-hydrogen) atoms. The van der Waals surface area contributed by atoms with E-state index in [2.05, 4.69) is 4.74 Å². The predicted molar refractivity (Wildman–Crippen MR) is 83.5 cm³/mol. The van der Waals surface area contributed by atoms with Crippen molar-refractivity contribution < 1.29 is 29.1 Å². The first-order valence-electron chi connectivity index (χ1n) is 7.28. The van der Waals surface area contributed by atoms with Crippen LogP contribution in [0.25, 0.3) is 0 Å². The monoisotopic (exact) mass is 340 g/mol. The molecule has 0 fully saturated rings. The number of carbonyl (C=O) groups is 2. The summed E-state index contributed by atoms with van der Waals surface area (Å²) in [4.78, 5) is 35.4. The van der Waals surface area contributed by atoms with Gasteiger partial charge in [0, 0.05) is 30.8 Å². The molecule has 0 unspecified atom stereocenters. The minimum absolute atomic E-state index is 0.00281. The highest BCUT2D eigenvalue weighted by atomic mass is 16.6. The minimum atomic E-state index is -0.583. The molecule has 0 atom stereocenters. The van der Waals surface area contributed by atoms with E-state index in [4.69, 9.17) is 9.84 Å². The van der Waals surface area contributed by atoms with E-state index in [-0.39, 0.29) is 50.6 Å². The van der Waals surface area contributed by atoms with E-state index in [0.29, 0.717) is 0 Å². The fraction of sp³-hybridized carbons (Fsp3) is 0.467. The van der Waals surface area contributed by atoms with Crippen LogP contribution in [0.1, 0.15) is 16.8 Å². The van der Waals surface area contributed by atoms with E-state index in [1.165, 1.54) is 36.3 Å². The van der Waals surface area contributed by atoms with E-state index < -0.39 is 16.8 Å². The van der Waals surface area contributed by atoms with Gasteiger partial charge in [-0.25, -0.2) is 0 Å². The lowest BCUT2D eigenvalue weighted by atomic mass is 10.1. The highest BCUT2D eigenvalue weighted by Gasteiger charge is 2.19. The number of nitrogens with zero attached hydrogens (tertiary/aromatic N) is 2. The van der Waals surface area contributed by atoms with Gasteiger partial charge < -0.3 is 19.5 Å². The molecule has 0 aliphatic carbocycles. The SMILES string of the molecule is COC(=O)CCN(CCOCCO)C(=O)c1cccc([N+](=O)[O-])c1. The molecule has 0 bridgehead atoms. The quantitative estimate of drug-likeness (QED) is 0.287. The van der Waals surface area contributed by atoms with E-state index >= 15 is 0 Å². The van der Waals surface area contributed by atoms with Gasteiger partial charge >= 0.3 is 5.97 Å². The lowest BCUT2D eigenvalue weighted by molar-refractivity contribution is -0.384. The van der Waals surface area contributed by atoms with Gasteiger partial charge in [-0.1, -0.05) is 6.07 Å². The van der Waals surface area contributed by atoms with Gasteiger partial charge in [0.1, 0.15) is 0 Å². The van der Waals surface area contributed by atoms with Crippen molar-refractivity contribution in [1.82, 2.24) is 4.90 Å². The Morgan fingerprint density at radius 3 is 2.67 bits per heavy atom. The number of non-ortho nitro benzene ring substituents is 1. The van der Waals surface area contributed by atoms with Crippen LogP contribution < -0.4 is 0 Å². The van der Waals surface area contributed by atoms with Crippen LogP contribution in [0.15, 0.2) is 24.3 Å². The molecule has 1 aromatic carbocycles. The van der Waals surface area contributed by atoms with Gasteiger partial charge in [0.2, 0.25) is 0 Å². The summed E-state index contributed by atoms with van der Waals surface area (Å²) in [6.45, 7) is 0.439. The topological polar surface area (TPSA) is 119 Å². The van der Waals surface area contributed by atoms with Crippen molar-refractivity contribution in [3.05, 3.63) is 39.9 Å². The Bertz CT molecular complexity index is 577. The van der Waals surface area contributed by atoms with Crippen LogP contribution in [0.3, 0.4) is 0 Å². The van der Waals surface area contributed by atoms with Crippen molar-refractivity contribution in [2.45, 2.75) is 6.42 Å². The van der Waals surface area contributed by atoms with Crippen LogP contribution in [-0.2, 0) is 14.3 Å². The molecular formula is C15H20N2O7. The second kappa shape index (κ2) is 10.3. The molecular weight excluding hydrogens is 320 g/mol. The van der Waals surface area contributed by atoms with Crippen LogP contribution in [0, 0.1) is 10.1 Å². The Labute approximate surface area is 138 Å². The number of ether oxygens (including phenoxy) is 2. The van der Waals surface area contributed by atoms with Gasteiger partial charge in [-0.2, -0.15) is 0 Å². The van der Waals surface area contributed by atoms with Gasteiger partial charge in [-0.3, -0.25) is 19.7 Å². The molecule has 1 amide bonds. The summed E-state index contributed by atoms with van der Waals surface area (Å²) in [5.74, 6) is -0.918. The molecule has 1 aromatic rings. The molecule has 0 saturated carbocycles. The van der Waals surface area contributed by atoms with E-state index in [9.17, 15) is 19.7 Å². The smallest absolute Gasteiger partial charge is 0.307 e. The highest BCUT2D eigenvalue weighted by Crippen LogP contribution is 2.15. The Hall–Kier alpha value is -2.52. The zero-order valence-electron chi connectivity index (χ0n) is 13.3. The van der Waals surface area contributed by atoms with Gasteiger partial charge in [-0.05, 0) is 6.07 Å². The number of aliphatic hydroxyl groups is 1. The fourth-order valence-electron chi connectivity index (χ4n) is 1.92. The molecule has 0 spiro atoms. The van der Waals surface area contributed by atoms with E-state index in [1.807, 2.05) is 0 Å². The largest absolute Gasteiger partial charge is 0.469 e. The summed E-state index contributed by atoms with van der Waals surface area (Å²) in [5.41, 5.74) is -0.0403. The predicted octanol–water partition coefficient (Wildman–Crippen LogP) is 0.609. The normalized spacial score (nSPS) is 10.2. The summed E-state index contributed by atoms with van der Waals surface area (Å²) in [6.07, 6.45) is -0.00281. The Kier molecular flexibility index (Phi) is 8.37. The number of benzene rings is 1. The zero-order chi connectivity index (χ0) is 17.9. The molecule has 9 nitrogen and oxygen atoms in total. The molecule has 0 radical (unpaired) electrons. The maximum atomic E-state index is 12.5. The summed E-state index contributed by atoms with van der Waals surface area (Å²) >= 11 is 0. The van der Waals surface area contributed by atoms with Crippen LogP contribution in [-0.4, -0.2) is 66.8 Å². The Balaban J connectivity index is 2.82. The second-order valence-electron chi connectivity index (χ2n) is 4.76. The number of aliphatic hydroxyl groups excluding tert-OH is 1. The number of nitro groups is 1. The molecule has 0 aromatic heterocycles. The Morgan fingerprint density at radius 2 is 2.04 bits per heavy atom. The van der Waals surface area contributed by atoms with Crippen molar-refractivity contribution in [2.24, 2.45) is 0 Å². The van der Waals surface area contributed by atoms with E-state index in [1.54, 1.807) is 0 Å². The number of hydrogen-bond donors (Lipinski definition) is 1. The van der Waals surface area contributed by atoms with Gasteiger partial charge in [0.25, 0.3) is 11.6 Å². The van der Waals surface area contributed by atoms with Crippen LogP contribution in [0.2, 0.25) is 0 Å². The van der Waals surface area contributed by atoms with Crippen molar-refractivity contribution in [1.29, 1.82) is 0 Å². The molecule has 9 heteroatoms. The zero-order valence-corrected chi connectivity index (χ0v) is 13.3. The molecule has 132 valence electrons. The third-order valence-corrected chi connectivity index (χ3v) is 3.15. The average Bonchev–Trinajstić information content (AvgIpc) is 2.60. The van der Waals surface area contributed by atoms with Gasteiger partial charge in [-0.15, -0.1) is 0 Å². The highest BCUT2D eigenvalue weighted by molar-refractivity contribution is 5.95.